The van der Waals surface area contributed by atoms with E-state index in [0.29, 0.717) is 17.1 Å². The van der Waals surface area contributed by atoms with Crippen molar-refractivity contribution in [1.82, 2.24) is 25.7 Å². The van der Waals surface area contributed by atoms with Gasteiger partial charge in [0.15, 0.2) is 0 Å². The van der Waals surface area contributed by atoms with Crippen molar-refractivity contribution in [2.75, 3.05) is 11.9 Å². The Balaban J connectivity index is 1.70. The molecule has 0 saturated carbocycles. The average molecular weight is 262 g/mol. The van der Waals surface area contributed by atoms with Gasteiger partial charge in [-0.15, -0.1) is 5.10 Å². The maximum atomic E-state index is 11.9. The molecule has 100 valence electrons. The minimum Gasteiger partial charge on any atom is -0.406 e. The minimum absolute atomic E-state index is 0.0915. The normalized spacial score (nSPS) is 18.7. The van der Waals surface area contributed by atoms with Crippen LogP contribution in [0.4, 0.5) is 6.01 Å². The molecule has 8 heteroatoms. The fourth-order valence-electron chi connectivity index (χ4n) is 2.07. The van der Waals surface area contributed by atoms with Gasteiger partial charge < -0.3 is 9.73 Å². The first kappa shape index (κ1) is 11.8. The standard InChI is InChI=1S/C11H14N6O2/c1-6-7(5-13-15-6)9(18)14-11-17-16-10(19-11)8-3-2-4-12-8/h5,8,12H,2-4H2,1H3,(H,13,15)(H,14,17,18). The lowest BCUT2D eigenvalue weighted by molar-refractivity contribution is 0.102. The third kappa shape index (κ3) is 2.34. The molecule has 0 radical (unpaired) electrons. The monoisotopic (exact) mass is 262 g/mol. The molecule has 1 atom stereocenters. The number of rotatable bonds is 3. The SMILES string of the molecule is Cc1[nH]ncc1C(=O)Nc1nnc(C2CCCN2)o1. The smallest absolute Gasteiger partial charge is 0.322 e. The zero-order chi connectivity index (χ0) is 13.2. The van der Waals surface area contributed by atoms with Gasteiger partial charge >= 0.3 is 6.01 Å². The van der Waals surface area contributed by atoms with Crippen LogP contribution in [0.15, 0.2) is 10.6 Å². The summed E-state index contributed by atoms with van der Waals surface area (Å²) in [6.07, 6.45) is 3.51. The van der Waals surface area contributed by atoms with Crippen LogP contribution >= 0.6 is 0 Å². The van der Waals surface area contributed by atoms with E-state index in [1.165, 1.54) is 6.20 Å². The van der Waals surface area contributed by atoms with Crippen LogP contribution in [-0.2, 0) is 0 Å². The summed E-state index contributed by atoms with van der Waals surface area (Å²) in [7, 11) is 0. The molecule has 1 saturated heterocycles. The van der Waals surface area contributed by atoms with E-state index < -0.39 is 0 Å². The molecule has 0 spiro atoms. The third-order valence-electron chi connectivity index (χ3n) is 3.09. The molecule has 2 aromatic rings. The van der Waals surface area contributed by atoms with Gasteiger partial charge in [-0.05, 0) is 26.3 Å². The molecule has 2 aromatic heterocycles. The molecule has 1 amide bonds. The minimum atomic E-state index is -0.319. The van der Waals surface area contributed by atoms with Gasteiger partial charge in [-0.2, -0.15) is 5.10 Å². The number of nitrogens with zero attached hydrogens (tertiary/aromatic N) is 3. The van der Waals surface area contributed by atoms with Crippen LogP contribution in [0.1, 0.15) is 40.8 Å². The van der Waals surface area contributed by atoms with Crippen LogP contribution in [0.2, 0.25) is 0 Å². The van der Waals surface area contributed by atoms with E-state index in [4.69, 9.17) is 4.42 Å². The Hall–Kier alpha value is -2.22. The number of aryl methyl sites for hydroxylation is 1. The number of anilines is 1. The Bertz CT molecular complexity index is 584. The summed E-state index contributed by atoms with van der Waals surface area (Å²) < 4.78 is 5.43. The number of amides is 1. The molecular formula is C11H14N6O2. The highest BCUT2D eigenvalue weighted by atomic mass is 16.4. The lowest BCUT2D eigenvalue weighted by Gasteiger charge is -2.02. The van der Waals surface area contributed by atoms with Gasteiger partial charge in [0.2, 0.25) is 5.89 Å². The fourth-order valence-corrected chi connectivity index (χ4v) is 2.07. The van der Waals surface area contributed by atoms with E-state index in [1.54, 1.807) is 6.92 Å². The van der Waals surface area contributed by atoms with Crippen molar-refractivity contribution in [3.8, 4) is 0 Å². The van der Waals surface area contributed by atoms with E-state index in [2.05, 4.69) is 31.0 Å². The number of carbonyl (C=O) groups excluding carboxylic acids is 1. The first-order valence-corrected chi connectivity index (χ1v) is 6.12. The summed E-state index contributed by atoms with van der Waals surface area (Å²) in [4.78, 5) is 11.9. The fraction of sp³-hybridized carbons (Fsp3) is 0.455. The molecule has 1 aliphatic heterocycles. The molecular weight excluding hydrogens is 248 g/mol. The molecule has 1 fully saturated rings. The van der Waals surface area contributed by atoms with Gasteiger partial charge in [-0.25, -0.2) is 0 Å². The largest absolute Gasteiger partial charge is 0.406 e. The van der Waals surface area contributed by atoms with Gasteiger partial charge in [-0.1, -0.05) is 5.10 Å². The second-order valence-electron chi connectivity index (χ2n) is 4.46. The third-order valence-corrected chi connectivity index (χ3v) is 3.09. The van der Waals surface area contributed by atoms with Crippen LogP contribution in [0.3, 0.4) is 0 Å². The molecule has 1 unspecified atom stereocenters. The molecule has 19 heavy (non-hydrogen) atoms. The maximum Gasteiger partial charge on any atom is 0.322 e. The summed E-state index contributed by atoms with van der Waals surface area (Å²) in [5.74, 6) is 0.192. The zero-order valence-electron chi connectivity index (χ0n) is 10.4. The molecule has 3 N–H and O–H groups in total. The summed E-state index contributed by atoms with van der Waals surface area (Å²) >= 11 is 0. The molecule has 0 aromatic carbocycles. The van der Waals surface area contributed by atoms with E-state index in [9.17, 15) is 4.79 Å². The summed E-state index contributed by atoms with van der Waals surface area (Å²) in [5.41, 5.74) is 1.15. The van der Waals surface area contributed by atoms with Crippen LogP contribution < -0.4 is 10.6 Å². The second kappa shape index (κ2) is 4.81. The molecule has 8 nitrogen and oxygen atoms in total. The van der Waals surface area contributed by atoms with Crippen molar-refractivity contribution in [1.29, 1.82) is 0 Å². The zero-order valence-corrected chi connectivity index (χ0v) is 10.4. The Labute approximate surface area is 109 Å². The summed E-state index contributed by atoms with van der Waals surface area (Å²) in [5, 5.41) is 20.1. The quantitative estimate of drug-likeness (QED) is 0.754. The van der Waals surface area contributed by atoms with Crippen LogP contribution in [0, 0.1) is 6.92 Å². The topological polar surface area (TPSA) is 109 Å². The predicted octanol–water partition coefficient (Wildman–Crippen LogP) is 0.778. The van der Waals surface area contributed by atoms with Crippen molar-refractivity contribution in [2.45, 2.75) is 25.8 Å². The van der Waals surface area contributed by atoms with Gasteiger partial charge in [0, 0.05) is 5.69 Å². The Morgan fingerprint density at radius 3 is 3.11 bits per heavy atom. The number of hydrogen-bond donors (Lipinski definition) is 3. The average Bonchev–Trinajstić information content (AvgIpc) is 3.07. The highest BCUT2D eigenvalue weighted by molar-refractivity contribution is 6.03. The lowest BCUT2D eigenvalue weighted by atomic mass is 10.2. The number of aromatic amines is 1. The molecule has 0 aliphatic carbocycles. The van der Waals surface area contributed by atoms with Gasteiger partial charge in [0.05, 0.1) is 17.8 Å². The van der Waals surface area contributed by atoms with E-state index in [-0.39, 0.29) is 18.0 Å². The van der Waals surface area contributed by atoms with Crippen molar-refractivity contribution >= 4 is 11.9 Å². The Morgan fingerprint density at radius 2 is 2.42 bits per heavy atom. The van der Waals surface area contributed by atoms with Crippen molar-refractivity contribution in [3.05, 3.63) is 23.3 Å². The van der Waals surface area contributed by atoms with Crippen LogP contribution in [0.25, 0.3) is 0 Å². The summed E-state index contributed by atoms with van der Waals surface area (Å²) in [6, 6.07) is 0.197. The summed E-state index contributed by atoms with van der Waals surface area (Å²) in [6.45, 7) is 2.71. The van der Waals surface area contributed by atoms with E-state index >= 15 is 0 Å². The Morgan fingerprint density at radius 1 is 1.53 bits per heavy atom. The van der Waals surface area contributed by atoms with Gasteiger partial charge in [-0.3, -0.25) is 15.2 Å². The first-order chi connectivity index (χ1) is 9.24. The Kier molecular flexibility index (Phi) is 3.00. The van der Waals surface area contributed by atoms with Gasteiger partial charge in [0.25, 0.3) is 5.91 Å². The molecule has 3 rings (SSSR count). The highest BCUT2D eigenvalue weighted by Gasteiger charge is 2.23. The molecule has 0 bridgehead atoms. The second-order valence-corrected chi connectivity index (χ2v) is 4.46. The molecule has 3 heterocycles. The van der Waals surface area contributed by atoms with Crippen LogP contribution in [-0.4, -0.2) is 32.8 Å². The number of hydrogen-bond acceptors (Lipinski definition) is 6. The predicted molar refractivity (Wildman–Crippen MR) is 65.6 cm³/mol. The van der Waals surface area contributed by atoms with E-state index in [0.717, 1.165) is 19.4 Å². The van der Waals surface area contributed by atoms with Crippen molar-refractivity contribution in [3.63, 3.8) is 0 Å². The maximum absolute atomic E-state index is 11.9. The number of carbonyl (C=O) groups is 1. The number of nitrogens with one attached hydrogen (secondary N) is 3. The number of H-pyrrole nitrogens is 1. The van der Waals surface area contributed by atoms with Crippen LogP contribution in [0.5, 0.6) is 0 Å². The number of aromatic nitrogens is 4. The van der Waals surface area contributed by atoms with E-state index in [1.807, 2.05) is 0 Å². The lowest BCUT2D eigenvalue weighted by Crippen LogP contribution is -2.13. The van der Waals surface area contributed by atoms with Gasteiger partial charge in [0.1, 0.15) is 0 Å². The highest BCUT2D eigenvalue weighted by Crippen LogP contribution is 2.23. The van der Waals surface area contributed by atoms with Crippen molar-refractivity contribution in [2.24, 2.45) is 0 Å². The first-order valence-electron chi connectivity index (χ1n) is 6.12. The molecule has 1 aliphatic rings. The van der Waals surface area contributed by atoms with Crippen molar-refractivity contribution < 1.29 is 9.21 Å².